The van der Waals surface area contributed by atoms with Gasteiger partial charge >= 0.3 is 5.97 Å². The summed E-state index contributed by atoms with van der Waals surface area (Å²) in [6.07, 6.45) is 4.73. The van der Waals surface area contributed by atoms with Gasteiger partial charge in [0.05, 0.1) is 13.2 Å². The van der Waals surface area contributed by atoms with Crippen molar-refractivity contribution in [3.05, 3.63) is 35.4 Å². The van der Waals surface area contributed by atoms with Gasteiger partial charge in [0.25, 0.3) is 0 Å². The molecule has 0 amide bonds. The van der Waals surface area contributed by atoms with E-state index in [1.54, 1.807) is 7.11 Å². The van der Waals surface area contributed by atoms with Crippen LogP contribution < -0.4 is 5.32 Å². The Balaban J connectivity index is 2.16. The van der Waals surface area contributed by atoms with Crippen LogP contribution in [0.25, 0.3) is 0 Å². The van der Waals surface area contributed by atoms with Crippen LogP contribution in [0.2, 0.25) is 0 Å². The fraction of sp³-hybridized carbons (Fsp3) is 0.588. The Morgan fingerprint density at radius 3 is 2.81 bits per heavy atom. The lowest BCUT2D eigenvalue weighted by Crippen LogP contribution is -2.36. The highest BCUT2D eigenvalue weighted by atomic mass is 16.5. The van der Waals surface area contributed by atoms with E-state index < -0.39 is 0 Å². The maximum atomic E-state index is 12.3. The third kappa shape index (κ3) is 4.55. The summed E-state index contributed by atoms with van der Waals surface area (Å²) >= 11 is 0. The van der Waals surface area contributed by atoms with Crippen molar-refractivity contribution in [2.45, 2.75) is 51.3 Å². The van der Waals surface area contributed by atoms with E-state index in [2.05, 4.69) is 5.32 Å². The minimum Gasteiger partial charge on any atom is -0.465 e. The molecule has 1 atom stereocenters. The average molecular weight is 291 g/mol. The van der Waals surface area contributed by atoms with Gasteiger partial charge in [-0.05, 0) is 30.9 Å². The van der Waals surface area contributed by atoms with E-state index in [1.165, 1.54) is 12.8 Å². The van der Waals surface area contributed by atoms with E-state index >= 15 is 0 Å². The van der Waals surface area contributed by atoms with E-state index in [0.29, 0.717) is 19.3 Å². The molecule has 116 valence electrons. The number of ether oxygens (including phenoxy) is 2. The molecular weight excluding hydrogens is 266 g/mol. The van der Waals surface area contributed by atoms with Crippen molar-refractivity contribution in [3.63, 3.8) is 0 Å². The molecule has 4 nitrogen and oxygen atoms in total. The van der Waals surface area contributed by atoms with Gasteiger partial charge in [-0.2, -0.15) is 0 Å². The highest BCUT2D eigenvalue weighted by molar-refractivity contribution is 5.77. The summed E-state index contributed by atoms with van der Waals surface area (Å²) in [6, 6.07) is 7.99. The number of hydrogen-bond acceptors (Lipinski definition) is 4. The zero-order valence-electron chi connectivity index (χ0n) is 12.9. The monoisotopic (exact) mass is 291 g/mol. The molecular formula is C17H25NO3. The summed E-state index contributed by atoms with van der Waals surface area (Å²) in [7, 11) is 1.67. The zero-order valence-corrected chi connectivity index (χ0v) is 12.9. The van der Waals surface area contributed by atoms with E-state index in [0.717, 1.165) is 24.0 Å². The molecule has 0 aromatic heterocycles. The fourth-order valence-corrected chi connectivity index (χ4v) is 2.88. The number of esters is 1. The third-order valence-corrected chi connectivity index (χ3v) is 3.88. The first-order chi connectivity index (χ1) is 10.2. The molecule has 1 aromatic carbocycles. The van der Waals surface area contributed by atoms with Crippen molar-refractivity contribution in [2.75, 3.05) is 13.7 Å². The van der Waals surface area contributed by atoms with Gasteiger partial charge in [0.1, 0.15) is 6.04 Å². The first-order valence-electron chi connectivity index (χ1n) is 7.75. The highest BCUT2D eigenvalue weighted by Gasteiger charge is 2.26. The molecule has 1 unspecified atom stereocenters. The molecule has 1 aliphatic rings. The van der Waals surface area contributed by atoms with Gasteiger partial charge in [-0.25, -0.2) is 4.79 Å². The Morgan fingerprint density at radius 1 is 1.38 bits per heavy atom. The number of methoxy groups -OCH3 is 1. The molecule has 1 saturated carbocycles. The smallest absolute Gasteiger partial charge is 0.327 e. The second kappa shape index (κ2) is 8.15. The topological polar surface area (TPSA) is 47.6 Å². The molecule has 1 aliphatic carbocycles. The molecule has 1 aromatic rings. The molecule has 4 heteroatoms. The standard InChI is InChI=1S/C17H25NO3/c1-3-21-17(19)16(18-15-9-4-5-10-15)14-8-6-7-13(11-14)12-20-2/h6-8,11,15-16,18H,3-5,9-10,12H2,1-2H3. The Bertz CT molecular complexity index is 455. The first kappa shape index (κ1) is 16.0. The summed E-state index contributed by atoms with van der Waals surface area (Å²) in [5.74, 6) is -0.195. The predicted octanol–water partition coefficient (Wildman–Crippen LogP) is 2.97. The van der Waals surface area contributed by atoms with Gasteiger partial charge in [0.2, 0.25) is 0 Å². The second-order valence-electron chi connectivity index (χ2n) is 5.51. The maximum absolute atomic E-state index is 12.3. The van der Waals surface area contributed by atoms with Gasteiger partial charge in [0, 0.05) is 13.2 Å². The Labute approximate surface area is 126 Å². The maximum Gasteiger partial charge on any atom is 0.327 e. The molecule has 0 heterocycles. The van der Waals surface area contributed by atoms with Gasteiger partial charge in [-0.15, -0.1) is 0 Å². The van der Waals surface area contributed by atoms with Crippen molar-refractivity contribution in [3.8, 4) is 0 Å². The Kier molecular flexibility index (Phi) is 6.21. The van der Waals surface area contributed by atoms with Gasteiger partial charge in [0.15, 0.2) is 0 Å². The van der Waals surface area contributed by atoms with E-state index in [1.807, 2.05) is 31.2 Å². The molecule has 1 N–H and O–H groups in total. The lowest BCUT2D eigenvalue weighted by Gasteiger charge is -2.22. The van der Waals surface area contributed by atoms with Crippen LogP contribution in [0, 0.1) is 0 Å². The van der Waals surface area contributed by atoms with Crippen LogP contribution in [0.1, 0.15) is 49.8 Å². The largest absolute Gasteiger partial charge is 0.465 e. The molecule has 0 aliphatic heterocycles. The summed E-state index contributed by atoms with van der Waals surface area (Å²) in [6.45, 7) is 2.79. The third-order valence-electron chi connectivity index (χ3n) is 3.88. The second-order valence-corrected chi connectivity index (χ2v) is 5.51. The average Bonchev–Trinajstić information content (AvgIpc) is 2.99. The van der Waals surface area contributed by atoms with Crippen LogP contribution in [0.5, 0.6) is 0 Å². The van der Waals surface area contributed by atoms with Crippen molar-refractivity contribution >= 4 is 5.97 Å². The quantitative estimate of drug-likeness (QED) is 0.785. The van der Waals surface area contributed by atoms with Crippen LogP contribution in [-0.2, 0) is 20.9 Å². The van der Waals surface area contributed by atoms with Crippen LogP contribution in [0.4, 0.5) is 0 Å². The van der Waals surface area contributed by atoms with Crippen molar-refractivity contribution in [1.82, 2.24) is 5.32 Å². The van der Waals surface area contributed by atoms with E-state index in [-0.39, 0.29) is 12.0 Å². The number of nitrogens with one attached hydrogen (secondary N) is 1. The summed E-state index contributed by atoms with van der Waals surface area (Å²) < 4.78 is 10.4. The normalized spacial score (nSPS) is 16.9. The van der Waals surface area contributed by atoms with Crippen molar-refractivity contribution in [1.29, 1.82) is 0 Å². The highest BCUT2D eigenvalue weighted by Crippen LogP contribution is 2.24. The van der Waals surface area contributed by atoms with Gasteiger partial charge in [-0.1, -0.05) is 37.1 Å². The Morgan fingerprint density at radius 2 is 2.14 bits per heavy atom. The first-order valence-corrected chi connectivity index (χ1v) is 7.75. The molecule has 1 fully saturated rings. The number of carbonyl (C=O) groups excluding carboxylic acids is 1. The molecule has 0 bridgehead atoms. The SMILES string of the molecule is CCOC(=O)C(NC1CCCC1)c1cccc(COC)c1. The lowest BCUT2D eigenvalue weighted by atomic mass is 10.0. The molecule has 0 radical (unpaired) electrons. The number of rotatable bonds is 7. The van der Waals surface area contributed by atoms with Crippen molar-refractivity contribution in [2.24, 2.45) is 0 Å². The number of carbonyl (C=O) groups is 1. The molecule has 2 rings (SSSR count). The predicted molar refractivity (Wildman–Crippen MR) is 81.9 cm³/mol. The summed E-state index contributed by atoms with van der Waals surface area (Å²) in [5.41, 5.74) is 2.02. The minimum absolute atomic E-state index is 0.195. The van der Waals surface area contributed by atoms with Gasteiger partial charge < -0.3 is 9.47 Å². The van der Waals surface area contributed by atoms with Gasteiger partial charge in [-0.3, -0.25) is 5.32 Å². The van der Waals surface area contributed by atoms with E-state index in [9.17, 15) is 4.79 Å². The van der Waals surface area contributed by atoms with Crippen LogP contribution in [-0.4, -0.2) is 25.7 Å². The van der Waals surface area contributed by atoms with Crippen LogP contribution in [0.15, 0.2) is 24.3 Å². The zero-order chi connectivity index (χ0) is 15.1. The van der Waals surface area contributed by atoms with Crippen LogP contribution in [0.3, 0.4) is 0 Å². The van der Waals surface area contributed by atoms with Crippen LogP contribution >= 0.6 is 0 Å². The summed E-state index contributed by atoms with van der Waals surface area (Å²) in [5, 5.41) is 3.47. The van der Waals surface area contributed by atoms with E-state index in [4.69, 9.17) is 9.47 Å². The Hall–Kier alpha value is -1.39. The fourth-order valence-electron chi connectivity index (χ4n) is 2.88. The molecule has 21 heavy (non-hydrogen) atoms. The number of hydrogen-bond donors (Lipinski definition) is 1. The molecule has 0 saturated heterocycles. The number of benzene rings is 1. The minimum atomic E-state index is -0.384. The van der Waals surface area contributed by atoms with Crippen molar-refractivity contribution < 1.29 is 14.3 Å². The molecule has 0 spiro atoms. The lowest BCUT2D eigenvalue weighted by molar-refractivity contribution is -0.146. The summed E-state index contributed by atoms with van der Waals surface area (Å²) in [4.78, 5) is 12.3.